The maximum atomic E-state index is 12.8. The average molecular weight is 353 g/mol. The molecule has 24 heavy (non-hydrogen) atoms. The lowest BCUT2D eigenvalue weighted by Gasteiger charge is -2.29. The smallest absolute Gasteiger partial charge is 0.241 e. The Hall–Kier alpha value is -1.44. The Kier molecular flexibility index (Phi) is 6.01. The molecule has 1 aliphatic rings. The van der Waals surface area contributed by atoms with Gasteiger partial charge in [0.05, 0.1) is 4.90 Å². The molecule has 0 radical (unpaired) electrons. The highest BCUT2D eigenvalue weighted by Crippen LogP contribution is 2.25. The van der Waals surface area contributed by atoms with Gasteiger partial charge in [0, 0.05) is 18.7 Å². The van der Waals surface area contributed by atoms with Crippen LogP contribution in [0.4, 0.5) is 5.69 Å². The second-order valence-corrected chi connectivity index (χ2v) is 8.29. The number of rotatable bonds is 5. The molecule has 0 spiro atoms. The summed E-state index contributed by atoms with van der Waals surface area (Å²) in [6.07, 6.45) is 1.95. The van der Waals surface area contributed by atoms with Crippen molar-refractivity contribution < 1.29 is 13.2 Å². The average Bonchev–Trinajstić information content (AvgIpc) is 2.50. The first-order chi connectivity index (χ1) is 11.2. The van der Waals surface area contributed by atoms with Gasteiger partial charge in [-0.15, -0.1) is 0 Å². The van der Waals surface area contributed by atoms with Gasteiger partial charge >= 0.3 is 0 Å². The summed E-state index contributed by atoms with van der Waals surface area (Å²) in [6.45, 7) is 8.76. The van der Waals surface area contributed by atoms with Crippen LogP contribution < -0.4 is 15.4 Å². The van der Waals surface area contributed by atoms with E-state index in [4.69, 9.17) is 0 Å². The Morgan fingerprint density at radius 2 is 1.83 bits per heavy atom. The number of hydrogen-bond donors (Lipinski definition) is 3. The highest BCUT2D eigenvalue weighted by atomic mass is 32.2. The minimum Gasteiger partial charge on any atom is -0.326 e. The minimum atomic E-state index is -3.59. The summed E-state index contributed by atoms with van der Waals surface area (Å²) < 4.78 is 28.4. The predicted octanol–water partition coefficient (Wildman–Crippen LogP) is 1.93. The van der Waals surface area contributed by atoms with Gasteiger partial charge in [0.1, 0.15) is 0 Å². The van der Waals surface area contributed by atoms with E-state index in [1.807, 2.05) is 6.92 Å². The minimum absolute atomic E-state index is 0.105. The van der Waals surface area contributed by atoms with Crippen molar-refractivity contribution in [2.75, 3.05) is 18.4 Å². The molecule has 0 saturated carbocycles. The van der Waals surface area contributed by atoms with Crippen LogP contribution in [0.5, 0.6) is 0 Å². The van der Waals surface area contributed by atoms with Crippen molar-refractivity contribution in [2.45, 2.75) is 51.5 Å². The molecule has 0 unspecified atom stereocenters. The quantitative estimate of drug-likeness (QED) is 0.755. The molecule has 2 rings (SSSR count). The molecule has 0 bridgehead atoms. The highest BCUT2D eigenvalue weighted by molar-refractivity contribution is 7.89. The zero-order chi connectivity index (χ0) is 17.9. The van der Waals surface area contributed by atoms with Crippen molar-refractivity contribution in [1.29, 1.82) is 0 Å². The fourth-order valence-corrected chi connectivity index (χ4v) is 4.78. The topological polar surface area (TPSA) is 87.3 Å². The van der Waals surface area contributed by atoms with Crippen molar-refractivity contribution in [1.82, 2.24) is 10.0 Å². The van der Waals surface area contributed by atoms with Gasteiger partial charge in [-0.3, -0.25) is 4.79 Å². The SMILES string of the molecule is CC(=O)Nc1cc(C)c(S(=O)(=O)N[C@H](C)C2CCNCC2)cc1C. The number of carbonyl (C=O) groups is 1. The van der Waals surface area contributed by atoms with Crippen LogP contribution in [-0.2, 0) is 14.8 Å². The second kappa shape index (κ2) is 7.63. The summed E-state index contributed by atoms with van der Waals surface area (Å²) in [5.74, 6) is 0.173. The lowest BCUT2D eigenvalue weighted by atomic mass is 9.92. The number of aryl methyl sites for hydroxylation is 2. The normalized spacial score (nSPS) is 17.5. The van der Waals surface area contributed by atoms with Gasteiger partial charge < -0.3 is 10.6 Å². The number of hydrogen-bond acceptors (Lipinski definition) is 4. The zero-order valence-electron chi connectivity index (χ0n) is 14.8. The Morgan fingerprint density at radius 3 is 2.42 bits per heavy atom. The highest BCUT2D eigenvalue weighted by Gasteiger charge is 2.26. The van der Waals surface area contributed by atoms with E-state index >= 15 is 0 Å². The third-order valence-electron chi connectivity index (χ3n) is 4.55. The number of nitrogens with one attached hydrogen (secondary N) is 3. The number of carbonyl (C=O) groups excluding carboxylic acids is 1. The summed E-state index contributed by atoms with van der Waals surface area (Å²) in [7, 11) is -3.59. The van der Waals surface area contributed by atoms with Gasteiger partial charge in [-0.05, 0) is 75.9 Å². The number of anilines is 1. The Morgan fingerprint density at radius 1 is 1.21 bits per heavy atom. The number of amides is 1. The van der Waals surface area contributed by atoms with Crippen LogP contribution in [0.15, 0.2) is 17.0 Å². The molecule has 6 nitrogen and oxygen atoms in total. The first-order valence-corrected chi connectivity index (χ1v) is 9.81. The van der Waals surface area contributed by atoms with Crippen LogP contribution in [0, 0.1) is 19.8 Å². The molecular formula is C17H27N3O3S. The standard InChI is InChI=1S/C17H27N3O3S/c1-11-10-17(12(2)9-16(11)19-14(4)21)24(22,23)20-13(3)15-5-7-18-8-6-15/h9-10,13,15,18,20H,5-8H2,1-4H3,(H,19,21)/t13-/m1/s1. The van der Waals surface area contributed by atoms with Gasteiger partial charge in [-0.25, -0.2) is 13.1 Å². The largest absolute Gasteiger partial charge is 0.326 e. The maximum absolute atomic E-state index is 12.8. The second-order valence-electron chi connectivity index (χ2n) is 6.61. The van der Waals surface area contributed by atoms with E-state index in [1.165, 1.54) is 6.92 Å². The van der Waals surface area contributed by atoms with E-state index in [0.717, 1.165) is 31.5 Å². The molecule has 1 heterocycles. The molecule has 1 aliphatic heterocycles. The van der Waals surface area contributed by atoms with Crippen LogP contribution in [0.2, 0.25) is 0 Å². The Labute approximate surface area is 144 Å². The van der Waals surface area contributed by atoms with E-state index in [1.54, 1.807) is 26.0 Å². The van der Waals surface area contributed by atoms with Crippen molar-refractivity contribution in [3.8, 4) is 0 Å². The molecule has 7 heteroatoms. The van der Waals surface area contributed by atoms with E-state index in [0.29, 0.717) is 17.2 Å². The first kappa shape index (κ1) is 18.9. The molecule has 1 atom stereocenters. The van der Waals surface area contributed by atoms with Crippen LogP contribution in [-0.4, -0.2) is 33.5 Å². The summed E-state index contributed by atoms with van der Waals surface area (Å²) >= 11 is 0. The lowest BCUT2D eigenvalue weighted by Crippen LogP contribution is -2.42. The van der Waals surface area contributed by atoms with Gasteiger partial charge in [0.2, 0.25) is 15.9 Å². The van der Waals surface area contributed by atoms with Crippen molar-refractivity contribution >= 4 is 21.6 Å². The lowest BCUT2D eigenvalue weighted by molar-refractivity contribution is -0.114. The van der Waals surface area contributed by atoms with Gasteiger partial charge in [0.25, 0.3) is 0 Å². The number of benzene rings is 1. The summed E-state index contributed by atoms with van der Waals surface area (Å²) in [5.41, 5.74) is 1.99. The first-order valence-electron chi connectivity index (χ1n) is 8.32. The third-order valence-corrected chi connectivity index (χ3v) is 6.26. The van der Waals surface area contributed by atoms with Gasteiger partial charge in [0.15, 0.2) is 0 Å². The van der Waals surface area contributed by atoms with Crippen LogP contribution in [0.3, 0.4) is 0 Å². The fourth-order valence-electron chi connectivity index (χ4n) is 3.15. The van der Waals surface area contributed by atoms with E-state index in [2.05, 4.69) is 15.4 Å². The monoisotopic (exact) mass is 353 g/mol. The van der Waals surface area contributed by atoms with Crippen LogP contribution >= 0.6 is 0 Å². The molecule has 1 aromatic carbocycles. The number of piperidine rings is 1. The number of sulfonamides is 1. The van der Waals surface area contributed by atoms with E-state index in [-0.39, 0.29) is 16.8 Å². The van der Waals surface area contributed by atoms with Crippen LogP contribution in [0.1, 0.15) is 37.8 Å². The molecule has 0 aliphatic carbocycles. The van der Waals surface area contributed by atoms with Crippen molar-refractivity contribution in [3.63, 3.8) is 0 Å². The Balaban J connectivity index is 2.22. The van der Waals surface area contributed by atoms with Gasteiger partial charge in [-0.2, -0.15) is 0 Å². The third kappa shape index (κ3) is 4.55. The molecule has 0 aromatic heterocycles. The zero-order valence-corrected chi connectivity index (χ0v) is 15.6. The molecule has 1 fully saturated rings. The van der Waals surface area contributed by atoms with Crippen LogP contribution in [0.25, 0.3) is 0 Å². The fraction of sp³-hybridized carbons (Fsp3) is 0.588. The summed E-state index contributed by atoms with van der Waals surface area (Å²) in [6, 6.07) is 3.23. The van der Waals surface area contributed by atoms with E-state index < -0.39 is 10.0 Å². The molecule has 1 saturated heterocycles. The molecule has 1 amide bonds. The molecular weight excluding hydrogens is 326 g/mol. The summed E-state index contributed by atoms with van der Waals surface area (Å²) in [4.78, 5) is 11.5. The Bertz CT molecular complexity index is 710. The maximum Gasteiger partial charge on any atom is 0.241 e. The van der Waals surface area contributed by atoms with Crippen molar-refractivity contribution in [3.05, 3.63) is 23.3 Å². The summed E-state index contributed by atoms with van der Waals surface area (Å²) in [5, 5.41) is 6.01. The van der Waals surface area contributed by atoms with Crippen molar-refractivity contribution in [2.24, 2.45) is 5.92 Å². The predicted molar refractivity (Wildman–Crippen MR) is 95.6 cm³/mol. The van der Waals surface area contributed by atoms with E-state index in [9.17, 15) is 13.2 Å². The molecule has 134 valence electrons. The molecule has 3 N–H and O–H groups in total. The molecule has 1 aromatic rings. The van der Waals surface area contributed by atoms with Gasteiger partial charge in [-0.1, -0.05) is 0 Å².